The average molecular weight is 436 g/mol. The second kappa shape index (κ2) is 7.28. The van der Waals surface area contributed by atoms with Crippen molar-refractivity contribution in [3.8, 4) is 11.4 Å². The van der Waals surface area contributed by atoms with E-state index < -0.39 is 11.9 Å². The highest BCUT2D eigenvalue weighted by molar-refractivity contribution is 6.28. The molecule has 0 spiro atoms. The van der Waals surface area contributed by atoms with Gasteiger partial charge in [0.25, 0.3) is 0 Å². The number of aromatic nitrogens is 6. The minimum atomic E-state index is -4.50. The Morgan fingerprint density at radius 2 is 1.90 bits per heavy atom. The Labute approximate surface area is 173 Å². The fourth-order valence-corrected chi connectivity index (χ4v) is 3.51. The molecule has 4 aromatic rings. The van der Waals surface area contributed by atoms with Crippen molar-refractivity contribution in [1.82, 2.24) is 29.1 Å². The highest BCUT2D eigenvalue weighted by Crippen LogP contribution is 2.31. The Hall–Kier alpha value is -3.14. The van der Waals surface area contributed by atoms with Gasteiger partial charge in [0, 0.05) is 18.3 Å². The summed E-state index contributed by atoms with van der Waals surface area (Å²) in [5.74, 6) is 0.254. The molecule has 0 saturated carbocycles. The predicted octanol–water partition coefficient (Wildman–Crippen LogP) is 4.40. The molecule has 0 radical (unpaired) electrons. The van der Waals surface area contributed by atoms with Crippen LogP contribution in [0, 0.1) is 5.41 Å². The first-order valence-electron chi connectivity index (χ1n) is 9.11. The molecule has 2 N–H and O–H groups in total. The predicted molar refractivity (Wildman–Crippen MR) is 105 cm³/mol. The van der Waals surface area contributed by atoms with E-state index in [1.54, 1.807) is 35.8 Å². The van der Waals surface area contributed by atoms with Crippen LogP contribution in [0.15, 0.2) is 36.7 Å². The molecular weight excluding hydrogens is 419 g/mol. The van der Waals surface area contributed by atoms with E-state index in [1.165, 1.54) is 10.8 Å². The summed E-state index contributed by atoms with van der Waals surface area (Å²) in [6.45, 7) is 4.02. The summed E-state index contributed by atoms with van der Waals surface area (Å²) in [6, 6.07) is 6.78. The van der Waals surface area contributed by atoms with Gasteiger partial charge in [0.1, 0.15) is 11.3 Å². The molecule has 30 heavy (non-hydrogen) atoms. The molecule has 1 aromatic carbocycles. The zero-order valence-corrected chi connectivity index (χ0v) is 16.8. The summed E-state index contributed by atoms with van der Waals surface area (Å²) in [6.07, 6.45) is -1.97. The van der Waals surface area contributed by atoms with Crippen LogP contribution in [0.5, 0.6) is 0 Å². The van der Waals surface area contributed by atoms with Crippen molar-refractivity contribution >= 4 is 22.8 Å². The van der Waals surface area contributed by atoms with Gasteiger partial charge in [-0.2, -0.15) is 18.2 Å². The van der Waals surface area contributed by atoms with E-state index in [4.69, 9.17) is 17.0 Å². The fourth-order valence-electron chi connectivity index (χ4n) is 3.38. The Balaban J connectivity index is 1.72. The van der Waals surface area contributed by atoms with Crippen LogP contribution in [-0.2, 0) is 12.7 Å². The smallest absolute Gasteiger partial charge is 0.331 e. The van der Waals surface area contributed by atoms with Crippen molar-refractivity contribution < 1.29 is 13.2 Å². The maximum Gasteiger partial charge on any atom is 0.434 e. The Kier molecular flexibility index (Phi) is 4.89. The summed E-state index contributed by atoms with van der Waals surface area (Å²) in [5.41, 5.74) is 1.71. The van der Waals surface area contributed by atoms with Crippen molar-refractivity contribution in [3.05, 3.63) is 58.8 Å². The standard InChI is InChI=1S/C19H17ClF3N7/c1-3-29-9-14(19(21,22)23)27-15(29)12-6-4-11(5-7-12)10(2)30-16-13(26-18(30)24)8-25-17(20)28-16/h4-10H,3H2,1-2H3,(H2,24,26). The van der Waals surface area contributed by atoms with E-state index in [-0.39, 0.29) is 22.8 Å². The minimum Gasteiger partial charge on any atom is -0.331 e. The van der Waals surface area contributed by atoms with Gasteiger partial charge in [-0.25, -0.2) is 9.97 Å². The number of nitrogens with zero attached hydrogens (tertiary/aromatic N) is 5. The summed E-state index contributed by atoms with van der Waals surface area (Å²) < 4.78 is 42.2. The Bertz CT molecular complexity index is 1270. The lowest BCUT2D eigenvalue weighted by atomic mass is 10.1. The van der Waals surface area contributed by atoms with Gasteiger partial charge in [0.15, 0.2) is 11.3 Å². The molecule has 0 amide bonds. The summed E-state index contributed by atoms with van der Waals surface area (Å²) in [4.78, 5) is 14.8. The van der Waals surface area contributed by atoms with Crippen molar-refractivity contribution in [3.63, 3.8) is 0 Å². The van der Waals surface area contributed by atoms with Crippen LogP contribution in [0.1, 0.15) is 31.1 Å². The number of hydrogen-bond donors (Lipinski definition) is 2. The van der Waals surface area contributed by atoms with E-state index in [2.05, 4.69) is 19.9 Å². The molecular formula is C19H17ClF3N7. The molecule has 0 aliphatic rings. The lowest BCUT2D eigenvalue weighted by molar-refractivity contribution is -0.140. The zero-order valence-electron chi connectivity index (χ0n) is 16.0. The van der Waals surface area contributed by atoms with Gasteiger partial charge in [-0.3, -0.25) is 9.98 Å². The van der Waals surface area contributed by atoms with E-state index in [1.807, 2.05) is 6.92 Å². The number of aromatic amines is 1. The second-order valence-electron chi connectivity index (χ2n) is 6.75. The molecule has 0 fully saturated rings. The van der Waals surface area contributed by atoms with Crippen molar-refractivity contribution in [2.24, 2.45) is 0 Å². The number of benzene rings is 1. The van der Waals surface area contributed by atoms with E-state index in [0.29, 0.717) is 23.3 Å². The highest BCUT2D eigenvalue weighted by atomic mass is 35.5. The fraction of sp³-hybridized carbons (Fsp3) is 0.263. The monoisotopic (exact) mass is 435 g/mol. The molecule has 0 bridgehead atoms. The number of hydrogen-bond acceptors (Lipinski definition) is 4. The van der Waals surface area contributed by atoms with Gasteiger partial charge in [-0.1, -0.05) is 24.3 Å². The van der Waals surface area contributed by atoms with E-state index in [0.717, 1.165) is 11.8 Å². The summed E-state index contributed by atoms with van der Waals surface area (Å²) in [5, 5.41) is 8.29. The third kappa shape index (κ3) is 3.47. The van der Waals surface area contributed by atoms with Crippen LogP contribution in [-0.4, -0.2) is 29.1 Å². The van der Waals surface area contributed by atoms with Gasteiger partial charge in [-0.05, 0) is 31.0 Å². The average Bonchev–Trinajstić information content (AvgIpc) is 3.28. The van der Waals surface area contributed by atoms with Crippen molar-refractivity contribution in [2.75, 3.05) is 0 Å². The third-order valence-electron chi connectivity index (χ3n) is 4.91. The Morgan fingerprint density at radius 3 is 2.53 bits per heavy atom. The summed E-state index contributed by atoms with van der Waals surface area (Å²) in [7, 11) is 0. The topological polar surface area (TPSA) is 88.2 Å². The van der Waals surface area contributed by atoms with Crippen LogP contribution in [0.3, 0.4) is 0 Å². The molecule has 7 nitrogen and oxygen atoms in total. The largest absolute Gasteiger partial charge is 0.434 e. The third-order valence-corrected chi connectivity index (χ3v) is 5.09. The lowest BCUT2D eigenvalue weighted by Gasteiger charge is -2.15. The number of alkyl halides is 3. The van der Waals surface area contributed by atoms with Crippen LogP contribution in [0.4, 0.5) is 13.2 Å². The highest BCUT2D eigenvalue weighted by Gasteiger charge is 2.34. The molecule has 156 valence electrons. The molecule has 1 unspecified atom stereocenters. The van der Waals surface area contributed by atoms with Crippen LogP contribution < -0.4 is 5.62 Å². The first-order valence-corrected chi connectivity index (χ1v) is 9.49. The van der Waals surface area contributed by atoms with Crippen LogP contribution in [0.2, 0.25) is 5.28 Å². The summed E-state index contributed by atoms with van der Waals surface area (Å²) >= 11 is 5.90. The van der Waals surface area contributed by atoms with E-state index >= 15 is 0 Å². The second-order valence-corrected chi connectivity index (χ2v) is 7.09. The normalized spacial score (nSPS) is 13.1. The zero-order chi connectivity index (χ0) is 21.6. The molecule has 4 rings (SSSR count). The van der Waals surface area contributed by atoms with Crippen molar-refractivity contribution in [2.45, 2.75) is 32.6 Å². The first kappa shape index (κ1) is 20.1. The van der Waals surface area contributed by atoms with Gasteiger partial charge < -0.3 is 9.55 Å². The quantitative estimate of drug-likeness (QED) is 0.465. The molecule has 0 saturated heterocycles. The number of aryl methyl sites for hydroxylation is 1. The molecule has 0 aliphatic carbocycles. The molecule has 3 heterocycles. The first-order chi connectivity index (χ1) is 14.2. The number of imidazole rings is 2. The number of H-pyrrole nitrogens is 1. The van der Waals surface area contributed by atoms with Gasteiger partial charge in [0.05, 0.1) is 12.2 Å². The number of fused-ring (bicyclic) bond motifs is 1. The minimum absolute atomic E-state index is 0.0738. The van der Waals surface area contributed by atoms with Gasteiger partial charge >= 0.3 is 6.18 Å². The SMILES string of the molecule is CCn1cc(C(F)(F)F)nc1-c1ccc(C(C)n2c(=N)[nH]c3cnc(Cl)nc32)cc1. The number of rotatable bonds is 4. The molecule has 1 atom stereocenters. The number of halogens is 4. The maximum atomic E-state index is 13.0. The van der Waals surface area contributed by atoms with E-state index in [9.17, 15) is 13.2 Å². The molecule has 11 heteroatoms. The number of nitrogens with one attached hydrogen (secondary N) is 2. The van der Waals surface area contributed by atoms with Gasteiger partial charge in [-0.15, -0.1) is 0 Å². The van der Waals surface area contributed by atoms with Crippen LogP contribution in [0.25, 0.3) is 22.6 Å². The van der Waals surface area contributed by atoms with Crippen molar-refractivity contribution in [1.29, 1.82) is 5.41 Å². The lowest BCUT2D eigenvalue weighted by Crippen LogP contribution is -2.21. The maximum absolute atomic E-state index is 13.0. The van der Waals surface area contributed by atoms with Crippen LogP contribution >= 0.6 is 11.6 Å². The van der Waals surface area contributed by atoms with Gasteiger partial charge in [0.2, 0.25) is 10.9 Å². The Morgan fingerprint density at radius 1 is 1.20 bits per heavy atom. The molecule has 3 aromatic heterocycles. The molecule has 0 aliphatic heterocycles.